The zero-order valence-electron chi connectivity index (χ0n) is 17.6. The van der Waals surface area contributed by atoms with Crippen LogP contribution >= 0.6 is 0 Å². The lowest BCUT2D eigenvalue weighted by Gasteiger charge is -2.26. The molecule has 4 rings (SSSR count). The van der Waals surface area contributed by atoms with Crippen molar-refractivity contribution in [3.63, 3.8) is 0 Å². The fraction of sp³-hybridized carbons (Fsp3) is 0.320. The first-order valence-corrected chi connectivity index (χ1v) is 10.6. The van der Waals surface area contributed by atoms with Crippen LogP contribution in [-0.2, 0) is 0 Å². The summed E-state index contributed by atoms with van der Waals surface area (Å²) in [6.45, 7) is 6.10. The van der Waals surface area contributed by atoms with Crippen molar-refractivity contribution in [2.45, 2.75) is 39.2 Å². The Kier molecular flexibility index (Phi) is 6.07. The number of aryl methyl sites for hydroxylation is 1. The van der Waals surface area contributed by atoms with Crippen LogP contribution in [0.25, 0.3) is 11.1 Å². The number of benzene rings is 2. The summed E-state index contributed by atoms with van der Waals surface area (Å²) in [5, 5.41) is 3.09. The minimum Gasteiger partial charge on any atom is -0.346 e. The number of carbonyl (C=O) groups is 1. The third-order valence-electron chi connectivity index (χ3n) is 5.66. The lowest BCUT2D eigenvalue weighted by Crippen LogP contribution is -2.30. The zero-order valence-corrected chi connectivity index (χ0v) is 17.6. The molecule has 1 amide bonds. The van der Waals surface area contributed by atoms with Crippen LogP contribution in [-0.4, -0.2) is 29.0 Å². The van der Waals surface area contributed by atoms with Crippen LogP contribution in [0, 0.1) is 6.92 Å². The second-order valence-corrected chi connectivity index (χ2v) is 8.01. The Morgan fingerprint density at radius 2 is 1.67 bits per heavy atom. The van der Waals surface area contributed by atoms with E-state index < -0.39 is 0 Å². The van der Waals surface area contributed by atoms with Crippen molar-refractivity contribution in [1.82, 2.24) is 15.3 Å². The number of rotatable bonds is 5. The van der Waals surface area contributed by atoms with Gasteiger partial charge in [-0.15, -0.1) is 0 Å². The Morgan fingerprint density at radius 1 is 0.967 bits per heavy atom. The van der Waals surface area contributed by atoms with E-state index in [4.69, 9.17) is 0 Å². The Balaban J connectivity index is 1.46. The number of amides is 1. The first-order valence-electron chi connectivity index (χ1n) is 10.6. The fourth-order valence-electron chi connectivity index (χ4n) is 3.79. The van der Waals surface area contributed by atoms with Crippen LogP contribution in [0.1, 0.15) is 53.7 Å². The van der Waals surface area contributed by atoms with Crippen molar-refractivity contribution >= 4 is 11.9 Å². The van der Waals surface area contributed by atoms with E-state index in [0.717, 1.165) is 35.7 Å². The molecule has 1 aliphatic heterocycles. The van der Waals surface area contributed by atoms with Gasteiger partial charge in [0.05, 0.1) is 6.04 Å². The topological polar surface area (TPSA) is 58.1 Å². The highest BCUT2D eigenvalue weighted by Gasteiger charge is 2.15. The molecule has 5 nitrogen and oxygen atoms in total. The van der Waals surface area contributed by atoms with Crippen molar-refractivity contribution < 1.29 is 4.79 Å². The molecule has 30 heavy (non-hydrogen) atoms. The Morgan fingerprint density at radius 3 is 2.37 bits per heavy atom. The van der Waals surface area contributed by atoms with Crippen molar-refractivity contribution in [1.29, 1.82) is 0 Å². The maximum atomic E-state index is 12.8. The lowest BCUT2D eigenvalue weighted by molar-refractivity contribution is 0.0940. The Hall–Kier alpha value is -3.21. The van der Waals surface area contributed by atoms with Gasteiger partial charge in [0, 0.05) is 36.6 Å². The largest absolute Gasteiger partial charge is 0.346 e. The van der Waals surface area contributed by atoms with Gasteiger partial charge in [-0.1, -0.05) is 42.0 Å². The highest BCUT2D eigenvalue weighted by molar-refractivity contribution is 5.95. The summed E-state index contributed by atoms with van der Waals surface area (Å²) in [6, 6.07) is 15.8. The molecule has 0 radical (unpaired) electrons. The summed E-state index contributed by atoms with van der Waals surface area (Å²) in [4.78, 5) is 24.2. The molecule has 5 heteroatoms. The minimum atomic E-state index is -0.0872. The summed E-state index contributed by atoms with van der Waals surface area (Å²) >= 11 is 0. The highest BCUT2D eigenvalue weighted by atomic mass is 16.1. The van der Waals surface area contributed by atoms with Crippen molar-refractivity contribution in [3.8, 4) is 11.1 Å². The molecular weight excluding hydrogens is 372 g/mol. The smallest absolute Gasteiger partial charge is 0.251 e. The molecule has 0 unspecified atom stereocenters. The molecule has 0 bridgehead atoms. The number of anilines is 1. The summed E-state index contributed by atoms with van der Waals surface area (Å²) < 4.78 is 0. The van der Waals surface area contributed by atoms with Crippen molar-refractivity contribution in [2.24, 2.45) is 0 Å². The molecule has 1 saturated heterocycles. The highest BCUT2D eigenvalue weighted by Crippen LogP contribution is 2.22. The van der Waals surface area contributed by atoms with Crippen LogP contribution in [0.3, 0.4) is 0 Å². The predicted octanol–water partition coefficient (Wildman–Crippen LogP) is 4.93. The van der Waals surface area contributed by atoms with Gasteiger partial charge in [-0.25, -0.2) is 9.97 Å². The molecule has 1 atom stereocenters. The van der Waals surface area contributed by atoms with E-state index in [2.05, 4.69) is 51.4 Å². The number of hydrogen-bond donors (Lipinski definition) is 1. The average Bonchev–Trinajstić information content (AvgIpc) is 2.80. The van der Waals surface area contributed by atoms with Gasteiger partial charge in [0.1, 0.15) is 0 Å². The monoisotopic (exact) mass is 400 g/mol. The predicted molar refractivity (Wildman–Crippen MR) is 121 cm³/mol. The Bertz CT molecular complexity index is 992. The van der Waals surface area contributed by atoms with Gasteiger partial charge in [-0.05, 0) is 56.4 Å². The molecule has 3 aromatic rings. The molecule has 1 aliphatic rings. The van der Waals surface area contributed by atoms with Gasteiger partial charge in [0.25, 0.3) is 5.91 Å². The van der Waals surface area contributed by atoms with Crippen LogP contribution in [0.15, 0.2) is 60.9 Å². The van der Waals surface area contributed by atoms with E-state index in [0.29, 0.717) is 5.56 Å². The summed E-state index contributed by atoms with van der Waals surface area (Å²) in [5.41, 5.74) is 4.78. The normalized spacial score (nSPS) is 14.9. The molecular formula is C25H28N4O. The van der Waals surface area contributed by atoms with Crippen LogP contribution in [0.2, 0.25) is 0 Å². The molecule has 1 fully saturated rings. The van der Waals surface area contributed by atoms with Crippen LogP contribution in [0.4, 0.5) is 5.95 Å². The summed E-state index contributed by atoms with van der Waals surface area (Å²) in [7, 11) is 0. The lowest BCUT2D eigenvalue weighted by atomic mass is 10.0. The van der Waals surface area contributed by atoms with E-state index in [-0.39, 0.29) is 11.9 Å². The quantitative estimate of drug-likeness (QED) is 0.659. The zero-order chi connectivity index (χ0) is 20.9. The van der Waals surface area contributed by atoms with Crippen molar-refractivity contribution in [3.05, 3.63) is 77.6 Å². The van der Waals surface area contributed by atoms with Gasteiger partial charge in [0.15, 0.2) is 0 Å². The molecule has 1 aromatic heterocycles. The van der Waals surface area contributed by atoms with Crippen LogP contribution < -0.4 is 10.2 Å². The number of aromatic nitrogens is 2. The van der Waals surface area contributed by atoms with Gasteiger partial charge < -0.3 is 10.2 Å². The maximum Gasteiger partial charge on any atom is 0.251 e. The molecule has 1 N–H and O–H groups in total. The van der Waals surface area contributed by atoms with Gasteiger partial charge in [0.2, 0.25) is 5.95 Å². The standard InChI is InChI=1S/C25H28N4O/c1-18-9-11-20(12-10-18)19(2)28-24(30)22-8-6-7-21(15-22)23-16-26-25(27-17-23)29-13-4-3-5-14-29/h6-12,15-17,19H,3-5,13-14H2,1-2H3,(H,28,30)/t19-/m1/s1. The molecule has 0 spiro atoms. The summed E-state index contributed by atoms with van der Waals surface area (Å²) in [5.74, 6) is 0.704. The fourth-order valence-corrected chi connectivity index (χ4v) is 3.79. The number of piperidine rings is 1. The third kappa shape index (κ3) is 4.67. The van der Waals surface area contributed by atoms with E-state index in [1.165, 1.54) is 24.8 Å². The number of nitrogens with one attached hydrogen (secondary N) is 1. The van der Waals surface area contributed by atoms with E-state index >= 15 is 0 Å². The molecule has 0 aliphatic carbocycles. The van der Waals surface area contributed by atoms with E-state index in [9.17, 15) is 4.79 Å². The second kappa shape index (κ2) is 9.08. The van der Waals surface area contributed by atoms with Gasteiger partial charge in [-0.3, -0.25) is 4.79 Å². The average molecular weight is 401 g/mol. The Labute approximate surface area is 178 Å². The molecule has 2 aromatic carbocycles. The van der Waals surface area contributed by atoms with E-state index in [1.807, 2.05) is 43.6 Å². The minimum absolute atomic E-state index is 0.0612. The first-order chi connectivity index (χ1) is 14.6. The van der Waals surface area contributed by atoms with Gasteiger partial charge >= 0.3 is 0 Å². The van der Waals surface area contributed by atoms with Crippen LogP contribution in [0.5, 0.6) is 0 Å². The first kappa shape index (κ1) is 20.1. The van der Waals surface area contributed by atoms with Crippen molar-refractivity contribution in [2.75, 3.05) is 18.0 Å². The molecule has 2 heterocycles. The number of nitrogens with zero attached hydrogens (tertiary/aromatic N) is 3. The maximum absolute atomic E-state index is 12.8. The van der Waals surface area contributed by atoms with E-state index in [1.54, 1.807) is 0 Å². The number of hydrogen-bond acceptors (Lipinski definition) is 4. The summed E-state index contributed by atoms with van der Waals surface area (Å²) in [6.07, 6.45) is 7.38. The van der Waals surface area contributed by atoms with Gasteiger partial charge in [-0.2, -0.15) is 0 Å². The molecule has 0 saturated carbocycles. The molecule has 154 valence electrons. The second-order valence-electron chi connectivity index (χ2n) is 8.01. The SMILES string of the molecule is Cc1ccc([C@@H](C)NC(=O)c2cccc(-c3cnc(N4CCCCC4)nc3)c2)cc1. The number of carbonyl (C=O) groups excluding carboxylic acids is 1. The third-order valence-corrected chi connectivity index (χ3v) is 5.66.